The topological polar surface area (TPSA) is 125 Å². The Kier molecular flexibility index (Phi) is 7.31. The van der Waals surface area contributed by atoms with E-state index in [1.165, 1.54) is 4.41 Å². The summed E-state index contributed by atoms with van der Waals surface area (Å²) in [7, 11) is -3.33. The summed E-state index contributed by atoms with van der Waals surface area (Å²) in [5.74, 6) is -3.81. The molecular weight excluding hydrogens is 515 g/mol. The number of nitrogens with zero attached hydrogens (tertiary/aromatic N) is 2. The van der Waals surface area contributed by atoms with E-state index in [-0.39, 0.29) is 16.9 Å². The molecule has 0 radical (unpaired) electrons. The van der Waals surface area contributed by atoms with Crippen molar-refractivity contribution in [2.24, 2.45) is 5.73 Å². The van der Waals surface area contributed by atoms with Crippen LogP contribution in [0.25, 0.3) is 0 Å². The average molecular weight is 541 g/mol. The summed E-state index contributed by atoms with van der Waals surface area (Å²) in [5, 5.41) is 6.85. The molecule has 1 saturated carbocycles. The van der Waals surface area contributed by atoms with Crippen molar-refractivity contribution in [2.45, 2.75) is 48.9 Å². The molecule has 2 fully saturated rings. The molecule has 1 aliphatic carbocycles. The van der Waals surface area contributed by atoms with Gasteiger partial charge in [0.15, 0.2) is 0 Å². The fraction of sp³-hybridized carbons (Fsp3) is 0.571. The van der Waals surface area contributed by atoms with E-state index < -0.39 is 45.9 Å². The summed E-state index contributed by atoms with van der Waals surface area (Å²) in [5.41, 5.74) is 11.3. The zero-order valence-corrected chi connectivity index (χ0v) is 19.7. The Morgan fingerprint density at radius 1 is 1.19 bits per heavy atom. The van der Waals surface area contributed by atoms with E-state index in [4.69, 9.17) is 20.4 Å². The number of rotatable bonds is 4. The van der Waals surface area contributed by atoms with Crippen molar-refractivity contribution in [3.05, 3.63) is 46.7 Å². The number of benzene rings is 1. The molecule has 3 aliphatic heterocycles. The molecular formula is C21H25F5N4O5S. The molecule has 0 spiro atoms. The van der Waals surface area contributed by atoms with Crippen molar-refractivity contribution in [1.82, 2.24) is 14.7 Å². The van der Waals surface area contributed by atoms with Crippen LogP contribution in [0.3, 0.4) is 0 Å². The third-order valence-electron chi connectivity index (χ3n) is 6.46. The highest BCUT2D eigenvalue weighted by Gasteiger charge is 2.46. The lowest BCUT2D eigenvalue weighted by Gasteiger charge is -2.39. The Morgan fingerprint density at radius 2 is 1.86 bits per heavy atom. The number of nitrogens with one attached hydrogen (secondary N) is 1. The zero-order valence-electron chi connectivity index (χ0n) is 18.8. The van der Waals surface area contributed by atoms with Gasteiger partial charge in [-0.25, -0.2) is 31.8 Å². The van der Waals surface area contributed by atoms with Gasteiger partial charge in [-0.15, -0.1) is 0 Å². The Labute approximate surface area is 203 Å². The number of nitrogens with two attached hydrogens (primary N) is 1. The van der Waals surface area contributed by atoms with Gasteiger partial charge in [-0.3, -0.25) is 4.90 Å². The highest BCUT2D eigenvalue weighted by atomic mass is 32.2. The molecule has 1 aromatic carbocycles. The van der Waals surface area contributed by atoms with Gasteiger partial charge < -0.3 is 15.6 Å². The maximum atomic E-state index is 14.1. The number of carbonyl (C=O) groups is 1. The van der Waals surface area contributed by atoms with E-state index in [1.54, 1.807) is 0 Å². The van der Waals surface area contributed by atoms with Crippen LogP contribution in [0.2, 0.25) is 0 Å². The van der Waals surface area contributed by atoms with Gasteiger partial charge in [-0.05, 0) is 43.0 Å². The molecule has 0 bridgehead atoms. The third-order valence-corrected chi connectivity index (χ3v) is 8.63. The minimum Gasteiger partial charge on any atom is -0.475 e. The largest absolute Gasteiger partial charge is 0.490 e. The molecule has 5 rings (SSSR count). The molecule has 3 heterocycles. The minimum absolute atomic E-state index is 0.00560. The lowest BCUT2D eigenvalue weighted by atomic mass is 9.93. The van der Waals surface area contributed by atoms with Crippen molar-refractivity contribution in [3.63, 3.8) is 0 Å². The second-order valence-corrected chi connectivity index (χ2v) is 11.1. The Morgan fingerprint density at radius 3 is 2.44 bits per heavy atom. The molecule has 36 heavy (non-hydrogen) atoms. The summed E-state index contributed by atoms with van der Waals surface area (Å²) in [6.45, 7) is 2.01. The molecule has 15 heteroatoms. The van der Waals surface area contributed by atoms with Crippen LogP contribution in [0.1, 0.15) is 30.9 Å². The second-order valence-electron chi connectivity index (χ2n) is 9.07. The highest BCUT2D eigenvalue weighted by Crippen LogP contribution is 2.38. The van der Waals surface area contributed by atoms with Crippen LogP contribution in [-0.2, 0) is 19.6 Å². The SMILES string of the molecule is N[C@H]1C[C@@H](N2CC3=C(C2)N(S(=O)(=O)C2CC2)NC3)CO[C@@H]1c1cc(F)ccc1F.O=C(O)C(F)(F)F. The number of hydrazine groups is 1. The van der Waals surface area contributed by atoms with Crippen molar-refractivity contribution >= 4 is 16.0 Å². The van der Waals surface area contributed by atoms with Gasteiger partial charge in [-0.2, -0.15) is 13.2 Å². The number of hydrogen-bond donors (Lipinski definition) is 3. The molecule has 0 aromatic heterocycles. The first-order chi connectivity index (χ1) is 16.8. The summed E-state index contributed by atoms with van der Waals surface area (Å²) < 4.78 is 91.9. The van der Waals surface area contributed by atoms with E-state index in [9.17, 15) is 30.4 Å². The van der Waals surface area contributed by atoms with Crippen molar-refractivity contribution in [2.75, 3.05) is 26.2 Å². The maximum absolute atomic E-state index is 14.1. The average Bonchev–Trinajstić information content (AvgIpc) is 3.46. The summed E-state index contributed by atoms with van der Waals surface area (Å²) in [6, 6.07) is 2.81. The number of alkyl halides is 3. The summed E-state index contributed by atoms with van der Waals surface area (Å²) in [4.78, 5) is 11.1. The number of halogens is 5. The highest BCUT2D eigenvalue weighted by molar-refractivity contribution is 7.90. The van der Waals surface area contributed by atoms with Crippen molar-refractivity contribution < 1.29 is 45.0 Å². The first-order valence-electron chi connectivity index (χ1n) is 11.1. The maximum Gasteiger partial charge on any atom is 0.490 e. The number of aliphatic carboxylic acids is 1. The molecule has 3 atom stereocenters. The first-order valence-corrected chi connectivity index (χ1v) is 12.6. The summed E-state index contributed by atoms with van der Waals surface area (Å²) in [6.07, 6.45) is -3.78. The van der Waals surface area contributed by atoms with Crippen molar-refractivity contribution in [1.29, 1.82) is 0 Å². The fourth-order valence-electron chi connectivity index (χ4n) is 4.49. The van der Waals surface area contributed by atoms with Crippen LogP contribution in [-0.4, -0.2) is 78.6 Å². The molecule has 1 aromatic rings. The molecule has 4 N–H and O–H groups in total. The van der Waals surface area contributed by atoms with Crippen molar-refractivity contribution in [3.8, 4) is 0 Å². The van der Waals surface area contributed by atoms with Crippen LogP contribution in [0.4, 0.5) is 22.0 Å². The lowest BCUT2D eigenvalue weighted by Crippen LogP contribution is -2.50. The Balaban J connectivity index is 0.000000384. The standard InChI is InChI=1S/C19H24F2N4O3S.C2HF3O2/c20-12-1-4-16(21)15(5-12)19-17(22)6-13(10-28-19)24-8-11-7-23-25(18(11)9-24)29(26,27)14-2-3-14;3-2(4,5)1(6)7/h1,4-5,13-14,17,19,23H,2-3,6-10,22H2;(H,6,7)/t13-,17+,19-;/m1./s1. The van der Waals surface area contributed by atoms with Gasteiger partial charge in [-0.1, -0.05) is 0 Å². The molecule has 200 valence electrons. The van der Waals surface area contributed by atoms with Gasteiger partial charge in [0.05, 0.1) is 17.6 Å². The number of hydrogen-bond acceptors (Lipinski definition) is 7. The van der Waals surface area contributed by atoms with Crippen LogP contribution >= 0.6 is 0 Å². The zero-order chi connectivity index (χ0) is 26.4. The predicted octanol–water partition coefficient (Wildman–Crippen LogP) is 1.64. The number of carboxylic acids is 1. The second kappa shape index (κ2) is 9.85. The first kappa shape index (κ1) is 26.7. The molecule has 0 amide bonds. The lowest BCUT2D eigenvalue weighted by molar-refractivity contribution is -0.192. The van der Waals surface area contributed by atoms with Gasteiger partial charge in [0, 0.05) is 37.3 Å². The smallest absolute Gasteiger partial charge is 0.475 e. The molecule has 9 nitrogen and oxygen atoms in total. The van der Waals surface area contributed by atoms with E-state index in [0.717, 1.165) is 42.3 Å². The van der Waals surface area contributed by atoms with E-state index in [1.807, 2.05) is 0 Å². The van der Waals surface area contributed by atoms with Gasteiger partial charge in [0.25, 0.3) is 10.0 Å². The van der Waals surface area contributed by atoms with Gasteiger partial charge >= 0.3 is 12.1 Å². The van der Waals surface area contributed by atoms with E-state index >= 15 is 0 Å². The van der Waals surface area contributed by atoms with E-state index in [0.29, 0.717) is 32.7 Å². The van der Waals surface area contributed by atoms with E-state index in [2.05, 4.69) is 10.3 Å². The normalized spacial score (nSPS) is 27.1. The van der Waals surface area contributed by atoms with Crippen LogP contribution in [0.15, 0.2) is 29.5 Å². The van der Waals surface area contributed by atoms with Crippen LogP contribution < -0.4 is 11.2 Å². The third kappa shape index (κ3) is 5.49. The van der Waals surface area contributed by atoms with Gasteiger partial charge in [0.2, 0.25) is 0 Å². The van der Waals surface area contributed by atoms with Gasteiger partial charge in [0.1, 0.15) is 17.7 Å². The van der Waals surface area contributed by atoms with Crippen LogP contribution in [0.5, 0.6) is 0 Å². The molecule has 1 saturated heterocycles. The Hall–Kier alpha value is -2.33. The Bertz CT molecular complexity index is 1160. The number of sulfonamides is 1. The minimum atomic E-state index is -5.08. The quantitative estimate of drug-likeness (QED) is 0.493. The van der Waals surface area contributed by atoms with Crippen LogP contribution in [0, 0.1) is 11.6 Å². The fourth-order valence-corrected chi connectivity index (χ4v) is 6.26. The number of ether oxygens (including phenoxy) is 1. The molecule has 4 aliphatic rings. The summed E-state index contributed by atoms with van der Waals surface area (Å²) >= 11 is 0. The predicted molar refractivity (Wildman–Crippen MR) is 116 cm³/mol. The molecule has 0 unspecified atom stereocenters. The number of carboxylic acid groups (broad SMARTS) is 1. The monoisotopic (exact) mass is 540 g/mol.